The summed E-state index contributed by atoms with van der Waals surface area (Å²) in [6, 6.07) is 7.05. The lowest BCUT2D eigenvalue weighted by Crippen LogP contribution is -2.02. The van der Waals surface area contributed by atoms with Crippen molar-refractivity contribution in [2.75, 3.05) is 0 Å². The molecule has 0 fully saturated rings. The highest BCUT2D eigenvalue weighted by molar-refractivity contribution is 5.65. The number of nitro groups is 2. The Morgan fingerprint density at radius 3 is 1.76 bits per heavy atom. The molecule has 0 radical (unpaired) electrons. The zero-order valence-corrected chi connectivity index (χ0v) is 8.52. The van der Waals surface area contributed by atoms with Crippen LogP contribution in [0.5, 0.6) is 0 Å². The number of benzene rings is 1. The summed E-state index contributed by atoms with van der Waals surface area (Å²) < 4.78 is 1.36. The van der Waals surface area contributed by atoms with E-state index in [1.165, 1.54) is 35.2 Å². The van der Waals surface area contributed by atoms with Gasteiger partial charge in [-0.05, 0) is 18.2 Å². The van der Waals surface area contributed by atoms with Gasteiger partial charge in [-0.1, -0.05) is 0 Å². The third kappa shape index (κ3) is 1.85. The van der Waals surface area contributed by atoms with Gasteiger partial charge in [0.2, 0.25) is 5.69 Å². The highest BCUT2D eigenvalue weighted by Crippen LogP contribution is 2.31. The lowest BCUT2D eigenvalue weighted by molar-refractivity contribution is -0.393. The van der Waals surface area contributed by atoms with Crippen molar-refractivity contribution in [2.45, 2.75) is 0 Å². The predicted molar refractivity (Wildman–Crippen MR) is 59.1 cm³/mol. The van der Waals surface area contributed by atoms with Gasteiger partial charge in [0.1, 0.15) is 0 Å². The summed E-state index contributed by atoms with van der Waals surface area (Å²) in [4.78, 5) is 20.4. The van der Waals surface area contributed by atoms with Crippen LogP contribution in [-0.4, -0.2) is 14.4 Å². The SMILES string of the molecule is O=[N+]([O-])c1cccc([N+](=O)[O-])c1-n1cccc1. The number of hydrogen-bond acceptors (Lipinski definition) is 4. The van der Waals surface area contributed by atoms with Crippen LogP contribution in [0.15, 0.2) is 42.7 Å². The number of nitrogens with zero attached hydrogens (tertiary/aromatic N) is 3. The Morgan fingerprint density at radius 1 is 0.882 bits per heavy atom. The fourth-order valence-corrected chi connectivity index (χ4v) is 1.56. The van der Waals surface area contributed by atoms with E-state index in [0.29, 0.717) is 0 Å². The molecule has 0 amide bonds. The Kier molecular flexibility index (Phi) is 2.57. The van der Waals surface area contributed by atoms with E-state index in [0.717, 1.165) is 0 Å². The Balaban J connectivity index is 2.76. The molecule has 0 aliphatic rings. The van der Waals surface area contributed by atoms with E-state index in [1.807, 2.05) is 0 Å². The smallest absolute Gasteiger partial charge is 0.300 e. The van der Waals surface area contributed by atoms with E-state index in [9.17, 15) is 20.2 Å². The Morgan fingerprint density at radius 2 is 1.35 bits per heavy atom. The summed E-state index contributed by atoms with van der Waals surface area (Å²) in [6.45, 7) is 0. The van der Waals surface area contributed by atoms with Crippen molar-refractivity contribution in [1.29, 1.82) is 0 Å². The summed E-state index contributed by atoms with van der Waals surface area (Å²) in [5, 5.41) is 21.7. The molecule has 0 bridgehead atoms. The van der Waals surface area contributed by atoms with Crippen molar-refractivity contribution in [2.24, 2.45) is 0 Å². The highest BCUT2D eigenvalue weighted by Gasteiger charge is 2.25. The maximum absolute atomic E-state index is 10.9. The average Bonchev–Trinajstić information content (AvgIpc) is 2.80. The summed E-state index contributed by atoms with van der Waals surface area (Å²) in [5.74, 6) is 0. The van der Waals surface area contributed by atoms with Crippen LogP contribution in [0.2, 0.25) is 0 Å². The molecule has 1 aromatic heterocycles. The van der Waals surface area contributed by atoms with E-state index < -0.39 is 9.85 Å². The van der Waals surface area contributed by atoms with Gasteiger partial charge in [0.25, 0.3) is 11.4 Å². The first-order valence-corrected chi connectivity index (χ1v) is 4.66. The van der Waals surface area contributed by atoms with Gasteiger partial charge in [0.15, 0.2) is 0 Å². The zero-order chi connectivity index (χ0) is 12.4. The maximum atomic E-state index is 10.9. The first-order valence-electron chi connectivity index (χ1n) is 4.66. The first-order chi connectivity index (χ1) is 8.11. The fourth-order valence-electron chi connectivity index (χ4n) is 1.56. The van der Waals surface area contributed by atoms with Crippen molar-refractivity contribution in [1.82, 2.24) is 4.57 Å². The summed E-state index contributed by atoms with van der Waals surface area (Å²) in [6.07, 6.45) is 3.05. The molecule has 0 saturated carbocycles. The van der Waals surface area contributed by atoms with Gasteiger partial charge in [-0.2, -0.15) is 0 Å². The van der Waals surface area contributed by atoms with Crippen molar-refractivity contribution in [3.8, 4) is 5.69 Å². The summed E-state index contributed by atoms with van der Waals surface area (Å²) in [7, 11) is 0. The molecule has 0 spiro atoms. The number of aromatic nitrogens is 1. The van der Waals surface area contributed by atoms with Crippen LogP contribution in [0.25, 0.3) is 5.69 Å². The Bertz CT molecular complexity index is 545. The molecular formula is C10H7N3O4. The quantitative estimate of drug-likeness (QED) is 0.600. The average molecular weight is 233 g/mol. The van der Waals surface area contributed by atoms with Crippen LogP contribution < -0.4 is 0 Å². The summed E-state index contributed by atoms with van der Waals surface area (Å²) in [5.41, 5.74) is -0.627. The van der Waals surface area contributed by atoms with Crippen molar-refractivity contribution < 1.29 is 9.85 Å². The standard InChI is InChI=1S/C10H7N3O4/c14-12(15)8-4-3-5-9(13(16)17)10(8)11-6-1-2-7-11/h1-7H. The Labute approximate surface area is 95.2 Å². The lowest BCUT2D eigenvalue weighted by atomic mass is 10.2. The number of para-hydroxylation sites is 1. The largest absolute Gasteiger partial charge is 0.312 e. The maximum Gasteiger partial charge on any atom is 0.300 e. The zero-order valence-electron chi connectivity index (χ0n) is 8.52. The third-order valence-electron chi connectivity index (χ3n) is 2.25. The minimum absolute atomic E-state index is 0.0347. The van der Waals surface area contributed by atoms with E-state index >= 15 is 0 Å². The van der Waals surface area contributed by atoms with Crippen molar-refractivity contribution >= 4 is 11.4 Å². The molecular weight excluding hydrogens is 226 g/mol. The molecule has 1 heterocycles. The molecule has 0 aliphatic heterocycles. The van der Waals surface area contributed by atoms with E-state index in [4.69, 9.17) is 0 Å². The third-order valence-corrected chi connectivity index (χ3v) is 2.25. The van der Waals surface area contributed by atoms with E-state index in [1.54, 1.807) is 12.1 Å². The molecule has 7 heteroatoms. The van der Waals surface area contributed by atoms with E-state index in [2.05, 4.69) is 0 Å². The second kappa shape index (κ2) is 4.05. The number of hydrogen-bond donors (Lipinski definition) is 0. The molecule has 0 unspecified atom stereocenters. The lowest BCUT2D eigenvalue weighted by Gasteiger charge is -2.04. The molecule has 2 aromatic rings. The van der Waals surface area contributed by atoms with Crippen LogP contribution in [0, 0.1) is 20.2 Å². The molecule has 0 saturated heterocycles. The predicted octanol–water partition coefficient (Wildman–Crippen LogP) is 2.29. The van der Waals surface area contributed by atoms with Crippen LogP contribution in [0.4, 0.5) is 11.4 Å². The van der Waals surface area contributed by atoms with Crippen LogP contribution >= 0.6 is 0 Å². The van der Waals surface area contributed by atoms with Gasteiger partial charge in [0.05, 0.1) is 9.85 Å². The van der Waals surface area contributed by atoms with Crippen molar-refractivity contribution in [3.63, 3.8) is 0 Å². The monoisotopic (exact) mass is 233 g/mol. The second-order valence-electron chi connectivity index (χ2n) is 3.25. The highest BCUT2D eigenvalue weighted by atomic mass is 16.6. The van der Waals surface area contributed by atoms with E-state index in [-0.39, 0.29) is 17.1 Å². The molecule has 0 atom stereocenters. The van der Waals surface area contributed by atoms with Gasteiger partial charge >= 0.3 is 0 Å². The number of rotatable bonds is 3. The molecule has 86 valence electrons. The van der Waals surface area contributed by atoms with Crippen LogP contribution in [-0.2, 0) is 0 Å². The fraction of sp³-hybridized carbons (Fsp3) is 0. The normalized spacial score (nSPS) is 10.1. The van der Waals surface area contributed by atoms with Gasteiger partial charge in [-0.3, -0.25) is 20.2 Å². The molecule has 0 N–H and O–H groups in total. The topological polar surface area (TPSA) is 91.2 Å². The minimum atomic E-state index is -0.637. The minimum Gasteiger partial charge on any atom is -0.312 e. The number of nitro benzene ring substituents is 2. The van der Waals surface area contributed by atoms with Gasteiger partial charge in [0, 0.05) is 24.5 Å². The first kappa shape index (κ1) is 10.8. The van der Waals surface area contributed by atoms with Gasteiger partial charge in [-0.15, -0.1) is 0 Å². The van der Waals surface area contributed by atoms with Gasteiger partial charge in [-0.25, -0.2) is 0 Å². The van der Waals surface area contributed by atoms with Gasteiger partial charge < -0.3 is 4.57 Å². The molecule has 1 aromatic carbocycles. The molecule has 7 nitrogen and oxygen atoms in total. The molecule has 17 heavy (non-hydrogen) atoms. The molecule has 2 rings (SSSR count). The van der Waals surface area contributed by atoms with Crippen LogP contribution in [0.1, 0.15) is 0 Å². The molecule has 0 aliphatic carbocycles. The summed E-state index contributed by atoms with van der Waals surface area (Å²) >= 11 is 0. The van der Waals surface area contributed by atoms with Crippen molar-refractivity contribution in [3.05, 3.63) is 63.0 Å². The second-order valence-corrected chi connectivity index (χ2v) is 3.25. The van der Waals surface area contributed by atoms with Crippen LogP contribution in [0.3, 0.4) is 0 Å². The Hall–Kier alpha value is -2.70.